The Hall–Kier alpha value is -2.85. The summed E-state index contributed by atoms with van der Waals surface area (Å²) in [7, 11) is 0. The number of hydrogen-bond acceptors (Lipinski definition) is 3. The number of nitrogens with one attached hydrogen (secondary N) is 1. The monoisotopic (exact) mass is 361 g/mol. The SMILES string of the molecule is CCOc1ccc2ccccc2c1C(=O)NCC1Cc2ccccc2CO1. The van der Waals surface area contributed by atoms with Crippen LogP contribution >= 0.6 is 0 Å². The van der Waals surface area contributed by atoms with E-state index in [0.29, 0.717) is 31.1 Å². The first kappa shape index (κ1) is 17.6. The molecule has 0 aliphatic carbocycles. The van der Waals surface area contributed by atoms with Crippen LogP contribution in [0.5, 0.6) is 5.75 Å². The Kier molecular flexibility index (Phi) is 5.07. The van der Waals surface area contributed by atoms with Crippen LogP contribution in [-0.4, -0.2) is 25.2 Å². The van der Waals surface area contributed by atoms with Crippen molar-refractivity contribution in [3.63, 3.8) is 0 Å². The number of amides is 1. The van der Waals surface area contributed by atoms with Crippen molar-refractivity contribution in [3.8, 4) is 5.75 Å². The van der Waals surface area contributed by atoms with E-state index >= 15 is 0 Å². The molecular weight excluding hydrogens is 338 g/mol. The lowest BCUT2D eigenvalue weighted by Crippen LogP contribution is -2.37. The van der Waals surface area contributed by atoms with Crippen LogP contribution in [0.25, 0.3) is 10.8 Å². The summed E-state index contributed by atoms with van der Waals surface area (Å²) in [5, 5.41) is 4.97. The molecule has 27 heavy (non-hydrogen) atoms. The fourth-order valence-electron chi connectivity index (χ4n) is 3.60. The van der Waals surface area contributed by atoms with E-state index in [0.717, 1.165) is 17.2 Å². The first-order valence-corrected chi connectivity index (χ1v) is 9.37. The molecule has 1 unspecified atom stereocenters. The summed E-state index contributed by atoms with van der Waals surface area (Å²) < 4.78 is 11.6. The van der Waals surface area contributed by atoms with Crippen molar-refractivity contribution >= 4 is 16.7 Å². The van der Waals surface area contributed by atoms with Crippen molar-refractivity contribution < 1.29 is 14.3 Å². The third-order valence-electron chi connectivity index (χ3n) is 4.95. The van der Waals surface area contributed by atoms with Crippen LogP contribution in [0.2, 0.25) is 0 Å². The van der Waals surface area contributed by atoms with Gasteiger partial charge in [-0.25, -0.2) is 0 Å². The van der Waals surface area contributed by atoms with Crippen LogP contribution in [0, 0.1) is 0 Å². The lowest BCUT2D eigenvalue weighted by Gasteiger charge is -2.25. The van der Waals surface area contributed by atoms with Gasteiger partial charge in [0.25, 0.3) is 5.91 Å². The summed E-state index contributed by atoms with van der Waals surface area (Å²) in [6.45, 7) is 3.50. The van der Waals surface area contributed by atoms with Crippen LogP contribution < -0.4 is 10.1 Å². The maximum Gasteiger partial charge on any atom is 0.255 e. The van der Waals surface area contributed by atoms with Gasteiger partial charge in [0.05, 0.1) is 24.9 Å². The van der Waals surface area contributed by atoms with Gasteiger partial charge in [0.15, 0.2) is 0 Å². The van der Waals surface area contributed by atoms with Crippen molar-refractivity contribution in [2.24, 2.45) is 0 Å². The van der Waals surface area contributed by atoms with Crippen LogP contribution in [-0.2, 0) is 17.8 Å². The van der Waals surface area contributed by atoms with E-state index in [2.05, 4.69) is 17.4 Å². The molecule has 1 atom stereocenters. The second-order valence-electron chi connectivity index (χ2n) is 6.71. The average molecular weight is 361 g/mol. The predicted octanol–water partition coefficient (Wildman–Crippen LogP) is 4.11. The Morgan fingerprint density at radius 2 is 1.85 bits per heavy atom. The maximum absolute atomic E-state index is 13.0. The summed E-state index contributed by atoms with van der Waals surface area (Å²) in [5.74, 6) is 0.487. The minimum Gasteiger partial charge on any atom is -0.493 e. The number of carbonyl (C=O) groups excluding carboxylic acids is 1. The molecule has 1 aliphatic rings. The zero-order valence-corrected chi connectivity index (χ0v) is 15.4. The molecule has 0 saturated carbocycles. The van der Waals surface area contributed by atoms with Crippen molar-refractivity contribution in [2.45, 2.75) is 26.1 Å². The second kappa shape index (κ2) is 7.80. The van der Waals surface area contributed by atoms with Crippen molar-refractivity contribution in [2.75, 3.05) is 13.2 Å². The Labute approximate surface area is 159 Å². The number of hydrogen-bond donors (Lipinski definition) is 1. The first-order valence-electron chi connectivity index (χ1n) is 9.37. The normalized spacial score (nSPS) is 16.0. The van der Waals surface area contributed by atoms with Crippen LogP contribution in [0.15, 0.2) is 60.7 Å². The van der Waals surface area contributed by atoms with Crippen molar-refractivity contribution in [3.05, 3.63) is 77.4 Å². The molecule has 4 rings (SSSR count). The van der Waals surface area contributed by atoms with E-state index in [1.54, 1.807) is 0 Å². The number of carbonyl (C=O) groups is 1. The van der Waals surface area contributed by atoms with E-state index in [1.807, 2.05) is 55.5 Å². The van der Waals surface area contributed by atoms with E-state index in [9.17, 15) is 4.79 Å². The van der Waals surface area contributed by atoms with Crippen molar-refractivity contribution in [1.29, 1.82) is 0 Å². The molecule has 1 N–H and O–H groups in total. The summed E-state index contributed by atoms with van der Waals surface area (Å²) >= 11 is 0. The zero-order chi connectivity index (χ0) is 18.6. The fourth-order valence-corrected chi connectivity index (χ4v) is 3.60. The minimum absolute atomic E-state index is 0.0191. The number of benzene rings is 3. The highest BCUT2D eigenvalue weighted by Crippen LogP contribution is 2.28. The van der Waals surface area contributed by atoms with Crippen LogP contribution in [0.1, 0.15) is 28.4 Å². The predicted molar refractivity (Wildman–Crippen MR) is 106 cm³/mol. The average Bonchev–Trinajstić information content (AvgIpc) is 2.72. The third kappa shape index (κ3) is 3.67. The highest BCUT2D eigenvalue weighted by atomic mass is 16.5. The molecule has 3 aromatic carbocycles. The van der Waals surface area contributed by atoms with Gasteiger partial charge >= 0.3 is 0 Å². The molecule has 1 aliphatic heterocycles. The Morgan fingerprint density at radius 1 is 1.07 bits per heavy atom. The molecule has 0 bridgehead atoms. The smallest absolute Gasteiger partial charge is 0.255 e. The Morgan fingerprint density at radius 3 is 2.70 bits per heavy atom. The second-order valence-corrected chi connectivity index (χ2v) is 6.71. The maximum atomic E-state index is 13.0. The molecule has 0 spiro atoms. The van der Waals surface area contributed by atoms with Gasteiger partial charge in [0, 0.05) is 13.0 Å². The standard InChI is InChI=1S/C23H23NO3/c1-2-26-21-12-11-16-7-5-6-10-20(16)22(21)23(25)24-14-19-13-17-8-3-4-9-18(17)15-27-19/h3-12,19H,2,13-15H2,1H3,(H,24,25). The summed E-state index contributed by atoms with van der Waals surface area (Å²) in [4.78, 5) is 13.0. The van der Waals surface area contributed by atoms with Gasteiger partial charge < -0.3 is 14.8 Å². The van der Waals surface area contributed by atoms with Crippen LogP contribution in [0.3, 0.4) is 0 Å². The van der Waals surface area contributed by atoms with Crippen molar-refractivity contribution in [1.82, 2.24) is 5.32 Å². The zero-order valence-electron chi connectivity index (χ0n) is 15.4. The lowest BCUT2D eigenvalue weighted by atomic mass is 9.99. The van der Waals surface area contributed by atoms with Gasteiger partial charge in [-0.15, -0.1) is 0 Å². The Balaban J connectivity index is 1.52. The highest BCUT2D eigenvalue weighted by molar-refractivity contribution is 6.09. The van der Waals surface area contributed by atoms with E-state index in [4.69, 9.17) is 9.47 Å². The molecule has 138 valence electrons. The molecule has 0 radical (unpaired) electrons. The number of fused-ring (bicyclic) bond motifs is 2. The molecule has 0 fully saturated rings. The van der Waals surface area contributed by atoms with Gasteiger partial charge in [-0.3, -0.25) is 4.79 Å². The minimum atomic E-state index is -0.127. The van der Waals surface area contributed by atoms with Crippen LogP contribution in [0.4, 0.5) is 0 Å². The van der Waals surface area contributed by atoms with Gasteiger partial charge in [-0.1, -0.05) is 54.6 Å². The first-order chi connectivity index (χ1) is 13.3. The number of ether oxygens (including phenoxy) is 2. The molecule has 3 aromatic rings. The lowest BCUT2D eigenvalue weighted by molar-refractivity contribution is 0.0285. The van der Waals surface area contributed by atoms with E-state index < -0.39 is 0 Å². The van der Waals surface area contributed by atoms with E-state index in [1.165, 1.54) is 11.1 Å². The fraction of sp³-hybridized carbons (Fsp3) is 0.261. The van der Waals surface area contributed by atoms with Gasteiger partial charge in [-0.2, -0.15) is 0 Å². The van der Waals surface area contributed by atoms with E-state index in [-0.39, 0.29) is 12.0 Å². The van der Waals surface area contributed by atoms with Gasteiger partial charge in [-0.05, 0) is 34.9 Å². The molecule has 0 aromatic heterocycles. The summed E-state index contributed by atoms with van der Waals surface area (Å²) in [6.07, 6.45) is 0.791. The quantitative estimate of drug-likeness (QED) is 0.744. The van der Waals surface area contributed by atoms with Gasteiger partial charge in [0.2, 0.25) is 0 Å². The molecule has 4 heteroatoms. The van der Waals surface area contributed by atoms with Gasteiger partial charge in [0.1, 0.15) is 5.75 Å². The number of rotatable bonds is 5. The molecule has 1 heterocycles. The summed E-state index contributed by atoms with van der Waals surface area (Å²) in [5.41, 5.74) is 3.11. The highest BCUT2D eigenvalue weighted by Gasteiger charge is 2.21. The topological polar surface area (TPSA) is 47.6 Å². The molecule has 0 saturated heterocycles. The summed E-state index contributed by atoms with van der Waals surface area (Å²) in [6, 6.07) is 20.0. The largest absolute Gasteiger partial charge is 0.493 e. The Bertz CT molecular complexity index is 967. The molecule has 4 nitrogen and oxygen atoms in total. The third-order valence-corrected chi connectivity index (χ3v) is 4.95. The molecule has 1 amide bonds. The molecular formula is C23H23NO3.